The third kappa shape index (κ3) is 2.99. The minimum atomic E-state index is 0.212. The molecule has 0 aliphatic rings. The molecule has 60 valence electrons. The summed E-state index contributed by atoms with van der Waals surface area (Å²) in [5.74, 6) is 0. The Morgan fingerprint density at radius 1 is 1.73 bits per heavy atom. The van der Waals surface area contributed by atoms with Gasteiger partial charge in [-0.1, -0.05) is 0 Å². The number of hydrogen-bond donors (Lipinski definition) is 1. The van der Waals surface area contributed by atoms with Crippen LogP contribution in [0.4, 0.5) is 0 Å². The van der Waals surface area contributed by atoms with E-state index in [4.69, 9.17) is 5.73 Å². The van der Waals surface area contributed by atoms with Crippen molar-refractivity contribution in [3.63, 3.8) is 0 Å². The summed E-state index contributed by atoms with van der Waals surface area (Å²) in [4.78, 5) is 4.02. The molecule has 1 aromatic heterocycles. The van der Waals surface area contributed by atoms with Crippen molar-refractivity contribution in [1.29, 1.82) is 0 Å². The lowest BCUT2D eigenvalue weighted by Crippen LogP contribution is -2.17. The Morgan fingerprint density at radius 2 is 2.45 bits per heavy atom. The van der Waals surface area contributed by atoms with Gasteiger partial charge in [-0.05, 0) is 47.0 Å². The molecule has 1 rings (SSSR count). The van der Waals surface area contributed by atoms with Crippen LogP contribution in [0.1, 0.15) is 12.5 Å². The van der Waals surface area contributed by atoms with Gasteiger partial charge in [-0.2, -0.15) is 0 Å². The van der Waals surface area contributed by atoms with E-state index in [1.165, 1.54) is 5.56 Å². The zero-order valence-corrected chi connectivity index (χ0v) is 8.01. The lowest BCUT2D eigenvalue weighted by atomic mass is 10.1. The number of halogens is 1. The monoisotopic (exact) mass is 214 g/mol. The molecule has 0 saturated heterocycles. The van der Waals surface area contributed by atoms with Crippen LogP contribution >= 0.6 is 15.9 Å². The third-order valence-corrected chi connectivity index (χ3v) is 1.78. The summed E-state index contributed by atoms with van der Waals surface area (Å²) in [5, 5.41) is 0. The summed E-state index contributed by atoms with van der Waals surface area (Å²) in [6, 6.07) is 4.18. The van der Waals surface area contributed by atoms with Crippen molar-refractivity contribution in [3.05, 3.63) is 28.5 Å². The van der Waals surface area contributed by atoms with E-state index in [0.29, 0.717) is 0 Å². The number of rotatable bonds is 2. The van der Waals surface area contributed by atoms with Crippen molar-refractivity contribution in [2.75, 3.05) is 0 Å². The predicted octanol–water partition coefficient (Wildman–Crippen LogP) is 1.73. The molecule has 11 heavy (non-hydrogen) atoms. The van der Waals surface area contributed by atoms with Crippen LogP contribution in [0.5, 0.6) is 0 Å². The van der Waals surface area contributed by atoms with E-state index in [0.717, 1.165) is 11.0 Å². The van der Waals surface area contributed by atoms with E-state index < -0.39 is 0 Å². The van der Waals surface area contributed by atoms with E-state index >= 15 is 0 Å². The van der Waals surface area contributed by atoms with Gasteiger partial charge in [0.25, 0.3) is 0 Å². The molecular weight excluding hydrogens is 204 g/mol. The normalized spacial score (nSPS) is 13.0. The minimum Gasteiger partial charge on any atom is -0.328 e. The van der Waals surface area contributed by atoms with Crippen LogP contribution < -0.4 is 5.73 Å². The maximum absolute atomic E-state index is 5.64. The number of nitrogens with zero attached hydrogens (tertiary/aromatic N) is 1. The number of aromatic nitrogens is 1. The molecule has 3 heteroatoms. The van der Waals surface area contributed by atoms with Gasteiger partial charge in [0.1, 0.15) is 4.60 Å². The summed E-state index contributed by atoms with van der Waals surface area (Å²) in [5.41, 5.74) is 6.86. The van der Waals surface area contributed by atoms with Gasteiger partial charge in [0.15, 0.2) is 0 Å². The molecule has 1 heterocycles. The quantitative estimate of drug-likeness (QED) is 0.763. The fraction of sp³-hybridized carbons (Fsp3) is 0.375. The minimum absolute atomic E-state index is 0.212. The summed E-state index contributed by atoms with van der Waals surface area (Å²) in [6.45, 7) is 1.99. The smallest absolute Gasteiger partial charge is 0.106 e. The maximum Gasteiger partial charge on any atom is 0.106 e. The molecule has 1 unspecified atom stereocenters. The highest BCUT2D eigenvalue weighted by Gasteiger charge is 1.97. The summed E-state index contributed by atoms with van der Waals surface area (Å²) < 4.78 is 0.871. The van der Waals surface area contributed by atoms with Crippen molar-refractivity contribution in [2.45, 2.75) is 19.4 Å². The van der Waals surface area contributed by atoms with Gasteiger partial charge in [-0.25, -0.2) is 4.98 Å². The fourth-order valence-electron chi connectivity index (χ4n) is 0.941. The Labute approximate surface area is 75.0 Å². The lowest BCUT2D eigenvalue weighted by molar-refractivity contribution is 0.737. The molecule has 0 radical (unpaired) electrons. The maximum atomic E-state index is 5.64. The first-order valence-corrected chi connectivity index (χ1v) is 4.34. The number of nitrogens with two attached hydrogens (primary N) is 1. The van der Waals surface area contributed by atoms with Gasteiger partial charge >= 0.3 is 0 Å². The van der Waals surface area contributed by atoms with Crippen molar-refractivity contribution >= 4 is 15.9 Å². The van der Waals surface area contributed by atoms with Crippen LogP contribution in [0.15, 0.2) is 22.9 Å². The molecule has 0 aromatic carbocycles. The van der Waals surface area contributed by atoms with Crippen molar-refractivity contribution in [1.82, 2.24) is 4.98 Å². The van der Waals surface area contributed by atoms with E-state index in [-0.39, 0.29) is 6.04 Å². The standard InChI is InChI=1S/C8H11BrN2/c1-6(10)4-7-2-3-11-8(9)5-7/h2-3,5-6H,4,10H2,1H3. The highest BCUT2D eigenvalue weighted by atomic mass is 79.9. The molecule has 0 spiro atoms. The number of hydrogen-bond acceptors (Lipinski definition) is 2. The Bertz CT molecular complexity index is 235. The van der Waals surface area contributed by atoms with E-state index in [2.05, 4.69) is 20.9 Å². The van der Waals surface area contributed by atoms with Gasteiger partial charge in [0, 0.05) is 12.2 Å². The average molecular weight is 215 g/mol. The molecule has 2 nitrogen and oxygen atoms in total. The van der Waals surface area contributed by atoms with Crippen LogP contribution in [0, 0.1) is 0 Å². The van der Waals surface area contributed by atoms with Gasteiger partial charge in [0.05, 0.1) is 0 Å². The second-order valence-electron chi connectivity index (χ2n) is 2.67. The van der Waals surface area contributed by atoms with E-state index in [1.54, 1.807) is 6.20 Å². The largest absolute Gasteiger partial charge is 0.328 e. The highest BCUT2D eigenvalue weighted by Crippen LogP contribution is 2.08. The van der Waals surface area contributed by atoms with Crippen LogP contribution in [0.3, 0.4) is 0 Å². The summed E-state index contributed by atoms with van der Waals surface area (Å²) in [6.07, 6.45) is 2.68. The van der Waals surface area contributed by atoms with Crippen LogP contribution in [0.2, 0.25) is 0 Å². The molecule has 0 fully saturated rings. The molecule has 0 amide bonds. The van der Waals surface area contributed by atoms with Gasteiger partial charge in [-0.15, -0.1) is 0 Å². The molecule has 1 atom stereocenters. The van der Waals surface area contributed by atoms with Gasteiger partial charge < -0.3 is 5.73 Å². The third-order valence-electron chi connectivity index (χ3n) is 1.35. The lowest BCUT2D eigenvalue weighted by Gasteiger charge is -2.03. The zero-order chi connectivity index (χ0) is 8.27. The van der Waals surface area contributed by atoms with Crippen molar-refractivity contribution < 1.29 is 0 Å². The van der Waals surface area contributed by atoms with Crippen molar-refractivity contribution in [3.8, 4) is 0 Å². The van der Waals surface area contributed by atoms with Crippen LogP contribution in [-0.2, 0) is 6.42 Å². The second kappa shape index (κ2) is 3.83. The Balaban J connectivity index is 2.71. The molecule has 0 aliphatic heterocycles. The highest BCUT2D eigenvalue weighted by molar-refractivity contribution is 9.10. The molecule has 0 saturated carbocycles. The topological polar surface area (TPSA) is 38.9 Å². The fourth-order valence-corrected chi connectivity index (χ4v) is 1.35. The number of pyridine rings is 1. The molecule has 0 aliphatic carbocycles. The van der Waals surface area contributed by atoms with Gasteiger partial charge in [-0.3, -0.25) is 0 Å². The summed E-state index contributed by atoms with van der Waals surface area (Å²) >= 11 is 3.30. The Hall–Kier alpha value is -0.410. The van der Waals surface area contributed by atoms with Crippen LogP contribution in [-0.4, -0.2) is 11.0 Å². The molecule has 1 aromatic rings. The average Bonchev–Trinajstić information content (AvgIpc) is 1.85. The summed E-state index contributed by atoms with van der Waals surface area (Å²) in [7, 11) is 0. The van der Waals surface area contributed by atoms with E-state index in [1.807, 2.05) is 19.1 Å². The predicted molar refractivity (Wildman–Crippen MR) is 49.3 cm³/mol. The first-order chi connectivity index (χ1) is 5.18. The Morgan fingerprint density at radius 3 is 3.00 bits per heavy atom. The molecule has 2 N–H and O–H groups in total. The first kappa shape index (κ1) is 8.68. The SMILES string of the molecule is CC(N)Cc1ccnc(Br)c1. The molecule has 0 bridgehead atoms. The van der Waals surface area contributed by atoms with E-state index in [9.17, 15) is 0 Å². The molecular formula is C8H11BrN2. The van der Waals surface area contributed by atoms with Crippen molar-refractivity contribution in [2.24, 2.45) is 5.73 Å². The zero-order valence-electron chi connectivity index (χ0n) is 6.42. The first-order valence-electron chi connectivity index (χ1n) is 3.54. The second-order valence-corrected chi connectivity index (χ2v) is 3.48. The van der Waals surface area contributed by atoms with Gasteiger partial charge in [0.2, 0.25) is 0 Å². The Kier molecular flexibility index (Phi) is 3.02. The van der Waals surface area contributed by atoms with Crippen LogP contribution in [0.25, 0.3) is 0 Å².